The minimum atomic E-state index is -4.01. The topological polar surface area (TPSA) is 117 Å². The van der Waals surface area contributed by atoms with E-state index in [1.807, 2.05) is 24.3 Å². The van der Waals surface area contributed by atoms with E-state index in [0.29, 0.717) is 18.0 Å². The van der Waals surface area contributed by atoms with Gasteiger partial charge in [0.15, 0.2) is 0 Å². The number of benzene rings is 2. The first-order chi connectivity index (χ1) is 17.1. The lowest BCUT2D eigenvalue weighted by Crippen LogP contribution is -2.35. The Morgan fingerprint density at radius 1 is 1.03 bits per heavy atom. The molecule has 1 amide bonds. The summed E-state index contributed by atoms with van der Waals surface area (Å²) in [5.41, 5.74) is 1.74. The van der Waals surface area contributed by atoms with Gasteiger partial charge in [-0.3, -0.25) is 4.79 Å². The summed E-state index contributed by atoms with van der Waals surface area (Å²) in [6, 6.07) is 17.9. The Hall–Kier alpha value is -3.54. The van der Waals surface area contributed by atoms with E-state index in [1.54, 1.807) is 24.3 Å². The fraction of sp³-hybridized carbons (Fsp3) is 0.240. The number of ether oxygens (including phenoxy) is 1. The van der Waals surface area contributed by atoms with Gasteiger partial charge in [0.2, 0.25) is 5.95 Å². The average molecular weight is 524 g/mol. The lowest BCUT2D eigenvalue weighted by Gasteiger charge is -2.23. The number of fused-ring (bicyclic) bond motifs is 1. The third-order valence-electron chi connectivity index (χ3n) is 5.45. The first-order valence-corrected chi connectivity index (χ1v) is 16.6. The number of sulfonamides is 1. The van der Waals surface area contributed by atoms with Crippen LogP contribution in [0.2, 0.25) is 25.7 Å². The van der Waals surface area contributed by atoms with Gasteiger partial charge in [-0.2, -0.15) is 0 Å². The Labute approximate surface area is 211 Å². The van der Waals surface area contributed by atoms with Crippen molar-refractivity contribution in [3.8, 4) is 0 Å². The van der Waals surface area contributed by atoms with Crippen LogP contribution >= 0.6 is 0 Å². The van der Waals surface area contributed by atoms with Gasteiger partial charge in [0.05, 0.1) is 4.90 Å². The molecule has 4 rings (SSSR count). The minimum Gasteiger partial charge on any atom is -0.360 e. The molecule has 0 saturated heterocycles. The van der Waals surface area contributed by atoms with Gasteiger partial charge in [-0.05, 0) is 48.5 Å². The molecule has 0 saturated carbocycles. The summed E-state index contributed by atoms with van der Waals surface area (Å²) in [7, 11) is -5.34. The molecule has 0 aliphatic heterocycles. The first kappa shape index (κ1) is 25.5. The Bertz CT molecular complexity index is 1400. The van der Waals surface area contributed by atoms with Crippen LogP contribution in [0.5, 0.6) is 0 Å². The normalized spacial score (nSPS) is 12.0. The molecule has 2 heterocycles. The fourth-order valence-electron chi connectivity index (χ4n) is 3.41. The highest BCUT2D eigenvalue weighted by molar-refractivity contribution is 7.92. The van der Waals surface area contributed by atoms with E-state index < -0.39 is 18.1 Å². The molecule has 0 aliphatic rings. The van der Waals surface area contributed by atoms with E-state index in [4.69, 9.17) is 4.74 Å². The minimum absolute atomic E-state index is 0.0293. The zero-order valence-corrected chi connectivity index (χ0v) is 22.2. The number of carbonyl (C=O) groups excluding carboxylic acids is 1. The van der Waals surface area contributed by atoms with Crippen LogP contribution in [0.25, 0.3) is 10.9 Å². The number of aromatic nitrogens is 3. The number of H-pyrrole nitrogens is 1. The predicted octanol–water partition coefficient (Wildman–Crippen LogP) is 4.72. The third-order valence-corrected chi connectivity index (χ3v) is 8.88. The number of nitrogens with one attached hydrogen (secondary N) is 2. The van der Waals surface area contributed by atoms with E-state index in [2.05, 4.69) is 39.9 Å². The van der Waals surface area contributed by atoms with Crippen molar-refractivity contribution in [2.75, 3.05) is 23.0 Å². The highest BCUT2D eigenvalue weighted by Crippen LogP contribution is 2.23. The monoisotopic (exact) mass is 523 g/mol. The zero-order chi connectivity index (χ0) is 25.8. The molecule has 0 fully saturated rings. The molecule has 4 aromatic rings. The van der Waals surface area contributed by atoms with Crippen LogP contribution in [0.1, 0.15) is 10.5 Å². The van der Waals surface area contributed by atoms with Crippen LogP contribution in [-0.2, 0) is 14.8 Å². The van der Waals surface area contributed by atoms with Gasteiger partial charge < -0.3 is 15.0 Å². The number of nitrogens with zero attached hydrogens (tertiary/aromatic N) is 3. The number of rotatable bonds is 10. The van der Waals surface area contributed by atoms with Crippen molar-refractivity contribution in [3.63, 3.8) is 0 Å². The summed E-state index contributed by atoms with van der Waals surface area (Å²) < 4.78 is 33.7. The number of hydrogen-bond donors (Lipinski definition) is 2. The van der Waals surface area contributed by atoms with Crippen molar-refractivity contribution in [1.82, 2.24) is 15.0 Å². The molecule has 0 spiro atoms. The molecule has 11 heteroatoms. The Morgan fingerprint density at radius 2 is 1.72 bits per heavy atom. The number of carbonyl (C=O) groups is 1. The molecule has 0 unspecified atom stereocenters. The largest absolute Gasteiger partial charge is 0.360 e. The van der Waals surface area contributed by atoms with Crippen LogP contribution in [0, 0.1) is 0 Å². The molecular weight excluding hydrogens is 494 g/mol. The van der Waals surface area contributed by atoms with E-state index in [9.17, 15) is 13.2 Å². The molecule has 188 valence electrons. The number of aromatic amines is 1. The van der Waals surface area contributed by atoms with Crippen LogP contribution in [0.15, 0.2) is 78.0 Å². The summed E-state index contributed by atoms with van der Waals surface area (Å²) in [6.07, 6.45) is 2.96. The van der Waals surface area contributed by atoms with Gasteiger partial charge in [0, 0.05) is 43.7 Å². The Kier molecular flexibility index (Phi) is 7.53. The van der Waals surface area contributed by atoms with Gasteiger partial charge in [0.1, 0.15) is 12.4 Å². The van der Waals surface area contributed by atoms with Gasteiger partial charge in [0.25, 0.3) is 15.9 Å². The van der Waals surface area contributed by atoms with Crippen molar-refractivity contribution >= 4 is 46.5 Å². The predicted molar refractivity (Wildman–Crippen MR) is 143 cm³/mol. The van der Waals surface area contributed by atoms with Crippen LogP contribution < -0.4 is 9.62 Å². The second-order valence-electron chi connectivity index (χ2n) is 9.50. The Balaban J connectivity index is 1.50. The highest BCUT2D eigenvalue weighted by atomic mass is 32.2. The van der Waals surface area contributed by atoms with Gasteiger partial charge in [-0.15, -0.1) is 0 Å². The molecule has 0 aliphatic carbocycles. The molecule has 0 atom stereocenters. The van der Waals surface area contributed by atoms with Crippen molar-refractivity contribution in [1.29, 1.82) is 0 Å². The maximum atomic E-state index is 13.5. The molecule has 0 bridgehead atoms. The number of amides is 1. The summed E-state index contributed by atoms with van der Waals surface area (Å²) in [5.74, 6) is -0.293. The van der Waals surface area contributed by atoms with Crippen LogP contribution in [-0.4, -0.2) is 50.7 Å². The molecule has 2 aromatic carbocycles. The average Bonchev–Trinajstić information content (AvgIpc) is 3.29. The quantitative estimate of drug-likeness (QED) is 0.176. The second-order valence-corrected chi connectivity index (χ2v) is 17.0. The molecule has 9 nitrogen and oxygen atoms in total. The fourth-order valence-corrected chi connectivity index (χ4v) is 5.43. The van der Waals surface area contributed by atoms with E-state index in [0.717, 1.165) is 21.3 Å². The molecule has 36 heavy (non-hydrogen) atoms. The molecular formula is C25H29N5O4SSi. The summed E-state index contributed by atoms with van der Waals surface area (Å²) in [5, 5.41) is 3.72. The maximum absolute atomic E-state index is 13.5. The summed E-state index contributed by atoms with van der Waals surface area (Å²) in [6.45, 7) is 6.93. The Morgan fingerprint density at radius 3 is 2.39 bits per heavy atom. The smallest absolute Gasteiger partial charge is 0.272 e. The van der Waals surface area contributed by atoms with Crippen molar-refractivity contribution in [2.45, 2.75) is 30.6 Å². The number of anilines is 2. The lowest BCUT2D eigenvalue weighted by atomic mass is 10.2. The standard InChI is InChI=1S/C25H29N5O4SSi/c1-36(2,3)16-15-34-18-30(25-26-13-6-14-27-25)35(32,33)21-11-9-20(10-12-21)28-24(31)23-17-19-7-4-5-8-22(19)29-23/h4-14,17,29H,15-16,18H2,1-3H3,(H,28,31). The van der Waals surface area contributed by atoms with Crippen LogP contribution in [0.3, 0.4) is 0 Å². The zero-order valence-electron chi connectivity index (χ0n) is 20.4. The highest BCUT2D eigenvalue weighted by Gasteiger charge is 2.27. The van der Waals surface area contributed by atoms with Gasteiger partial charge in [-0.25, -0.2) is 22.7 Å². The molecule has 2 N–H and O–H groups in total. The number of para-hydroxylation sites is 1. The van der Waals surface area contributed by atoms with E-state index >= 15 is 0 Å². The molecule has 2 aromatic heterocycles. The second kappa shape index (κ2) is 10.6. The van der Waals surface area contributed by atoms with Crippen molar-refractivity contribution < 1.29 is 17.9 Å². The van der Waals surface area contributed by atoms with Gasteiger partial charge in [-0.1, -0.05) is 37.8 Å². The van der Waals surface area contributed by atoms with Crippen molar-refractivity contribution in [3.05, 3.63) is 78.8 Å². The van der Waals surface area contributed by atoms with E-state index in [1.165, 1.54) is 24.5 Å². The summed E-state index contributed by atoms with van der Waals surface area (Å²) in [4.78, 5) is 24.0. The molecule has 0 radical (unpaired) electrons. The summed E-state index contributed by atoms with van der Waals surface area (Å²) >= 11 is 0. The first-order valence-electron chi connectivity index (χ1n) is 11.5. The van der Waals surface area contributed by atoms with Crippen molar-refractivity contribution in [2.24, 2.45) is 0 Å². The lowest BCUT2D eigenvalue weighted by molar-refractivity contribution is 0.102. The van der Waals surface area contributed by atoms with E-state index in [-0.39, 0.29) is 23.5 Å². The maximum Gasteiger partial charge on any atom is 0.272 e. The SMILES string of the molecule is C[Si](C)(C)CCOCN(c1ncccn1)S(=O)(=O)c1ccc(NC(=O)c2cc3ccccc3[nH]2)cc1. The van der Waals surface area contributed by atoms with Crippen LogP contribution in [0.4, 0.5) is 11.6 Å². The number of hydrogen-bond acceptors (Lipinski definition) is 6. The van der Waals surface area contributed by atoms with Gasteiger partial charge >= 0.3 is 0 Å². The third kappa shape index (κ3) is 6.17.